The molecule has 9 heteroatoms. The number of anilines is 1. The fraction of sp³-hybridized carbons (Fsp3) is 0.409. The minimum Gasteiger partial charge on any atom is -0.507 e. The molecule has 1 amide bonds. The predicted octanol–water partition coefficient (Wildman–Crippen LogP) is 3.12. The number of hydrogen-bond donors (Lipinski definition) is 3. The molecule has 3 N–H and O–H groups in total. The number of nitrogens with zero attached hydrogens (tertiary/aromatic N) is 3. The van der Waals surface area contributed by atoms with E-state index in [0.29, 0.717) is 34.1 Å². The average molecular weight is 446 g/mol. The summed E-state index contributed by atoms with van der Waals surface area (Å²) in [5.74, 6) is 0.317. The summed E-state index contributed by atoms with van der Waals surface area (Å²) in [6, 6.07) is 8.13. The summed E-state index contributed by atoms with van der Waals surface area (Å²) in [5, 5.41) is 18.0. The maximum Gasteiger partial charge on any atom is 0.271 e. The summed E-state index contributed by atoms with van der Waals surface area (Å²) in [5.41, 5.74) is 4.09. The first-order valence-corrected chi connectivity index (χ1v) is 10.8. The minimum atomic E-state index is -0.349. The Labute approximate surface area is 187 Å². The van der Waals surface area contributed by atoms with Crippen molar-refractivity contribution in [1.29, 1.82) is 0 Å². The summed E-state index contributed by atoms with van der Waals surface area (Å²) < 4.78 is 5.36. The number of nitrogens with one attached hydrogen (secondary N) is 2. The summed E-state index contributed by atoms with van der Waals surface area (Å²) in [4.78, 5) is 19.2. The zero-order chi connectivity index (χ0) is 22.1. The van der Waals surface area contributed by atoms with Gasteiger partial charge in [0.1, 0.15) is 11.6 Å². The summed E-state index contributed by atoms with van der Waals surface area (Å²) in [7, 11) is 0. The van der Waals surface area contributed by atoms with Gasteiger partial charge in [-0.05, 0) is 49.7 Å². The largest absolute Gasteiger partial charge is 0.507 e. The highest BCUT2D eigenvalue weighted by atomic mass is 35.5. The fourth-order valence-corrected chi connectivity index (χ4v) is 3.44. The van der Waals surface area contributed by atoms with Crippen molar-refractivity contribution in [3.8, 4) is 5.75 Å². The molecule has 0 atom stereocenters. The molecule has 8 nitrogen and oxygen atoms in total. The Hall–Kier alpha value is -2.68. The first-order valence-electron chi connectivity index (χ1n) is 10.4. The van der Waals surface area contributed by atoms with Gasteiger partial charge in [-0.2, -0.15) is 5.10 Å². The third kappa shape index (κ3) is 6.92. The lowest BCUT2D eigenvalue weighted by molar-refractivity contribution is 0.0378. The number of carbonyl (C=O) groups is 1. The highest BCUT2D eigenvalue weighted by molar-refractivity contribution is 6.30. The number of pyridine rings is 1. The van der Waals surface area contributed by atoms with Crippen molar-refractivity contribution in [2.45, 2.75) is 19.8 Å². The first-order chi connectivity index (χ1) is 15.1. The zero-order valence-corrected chi connectivity index (χ0v) is 18.4. The molecule has 1 aliphatic rings. The third-order valence-corrected chi connectivity index (χ3v) is 5.22. The van der Waals surface area contributed by atoms with Gasteiger partial charge in [-0.3, -0.25) is 9.69 Å². The highest BCUT2D eigenvalue weighted by Gasteiger charge is 2.12. The Morgan fingerprint density at radius 1 is 1.29 bits per heavy atom. The van der Waals surface area contributed by atoms with Gasteiger partial charge in [-0.1, -0.05) is 18.5 Å². The smallest absolute Gasteiger partial charge is 0.271 e. The molecule has 0 unspecified atom stereocenters. The standard InChI is InChI=1S/C22H28ClN5O3/c1-2-19(18-5-4-17(23)15-20(18)29)26-27-22(30)16-6-8-25-21(14-16)24-7-3-9-28-10-12-31-13-11-28/h4-6,8,14-15,29H,2-3,7,9-13H2,1H3,(H,24,25)(H,27,30)/b26-19+. The van der Waals surface area contributed by atoms with E-state index in [-0.39, 0.29) is 11.7 Å². The Bertz CT molecular complexity index is 916. The van der Waals surface area contributed by atoms with Crippen molar-refractivity contribution in [1.82, 2.24) is 15.3 Å². The fourth-order valence-electron chi connectivity index (χ4n) is 3.27. The van der Waals surface area contributed by atoms with Gasteiger partial charge in [0.25, 0.3) is 5.91 Å². The Kier molecular flexibility index (Phi) is 8.63. The van der Waals surface area contributed by atoms with Gasteiger partial charge in [0.05, 0.1) is 18.9 Å². The molecule has 0 spiro atoms. The molecule has 0 aliphatic carbocycles. The number of aromatic nitrogens is 1. The van der Waals surface area contributed by atoms with Crippen LogP contribution in [0, 0.1) is 0 Å². The average Bonchev–Trinajstić information content (AvgIpc) is 2.79. The van der Waals surface area contributed by atoms with Crippen LogP contribution in [-0.4, -0.2) is 66.0 Å². The molecule has 3 rings (SSSR count). The number of carbonyl (C=O) groups excluding carboxylic acids is 1. The van der Waals surface area contributed by atoms with Crippen LogP contribution in [0.3, 0.4) is 0 Å². The molecule has 0 saturated carbocycles. The second-order valence-corrected chi connectivity index (χ2v) is 7.61. The number of phenols is 1. The van der Waals surface area contributed by atoms with Crippen molar-refractivity contribution in [3.63, 3.8) is 0 Å². The van der Waals surface area contributed by atoms with E-state index in [1.807, 2.05) is 6.92 Å². The van der Waals surface area contributed by atoms with Gasteiger partial charge in [-0.25, -0.2) is 10.4 Å². The van der Waals surface area contributed by atoms with Crippen LogP contribution >= 0.6 is 11.6 Å². The van der Waals surface area contributed by atoms with E-state index in [0.717, 1.165) is 45.8 Å². The molecule has 0 bridgehead atoms. The van der Waals surface area contributed by atoms with Crippen LogP contribution in [0.4, 0.5) is 5.82 Å². The number of ether oxygens (including phenoxy) is 1. The topological polar surface area (TPSA) is 99.1 Å². The first kappa shape index (κ1) is 23.0. The molecule has 1 aromatic carbocycles. The Morgan fingerprint density at radius 2 is 2.10 bits per heavy atom. The van der Waals surface area contributed by atoms with Crippen molar-refractivity contribution >= 4 is 29.0 Å². The van der Waals surface area contributed by atoms with Crippen LogP contribution in [0.5, 0.6) is 5.75 Å². The van der Waals surface area contributed by atoms with E-state index >= 15 is 0 Å². The molecule has 31 heavy (non-hydrogen) atoms. The van der Waals surface area contributed by atoms with Crippen LogP contribution in [-0.2, 0) is 4.74 Å². The normalized spacial score (nSPS) is 15.0. The van der Waals surface area contributed by atoms with Gasteiger partial charge < -0.3 is 15.2 Å². The molecular weight excluding hydrogens is 418 g/mol. The van der Waals surface area contributed by atoms with E-state index < -0.39 is 0 Å². The van der Waals surface area contributed by atoms with Crippen LogP contribution < -0.4 is 10.7 Å². The molecule has 1 fully saturated rings. The number of morpholine rings is 1. The molecule has 1 saturated heterocycles. The van der Waals surface area contributed by atoms with Gasteiger partial charge in [-0.15, -0.1) is 0 Å². The molecule has 166 valence electrons. The van der Waals surface area contributed by atoms with Gasteiger partial charge in [0.2, 0.25) is 0 Å². The van der Waals surface area contributed by atoms with Crippen molar-refractivity contribution in [2.24, 2.45) is 5.10 Å². The molecule has 1 aliphatic heterocycles. The number of benzene rings is 1. The van der Waals surface area contributed by atoms with Crippen molar-refractivity contribution < 1.29 is 14.6 Å². The lowest BCUT2D eigenvalue weighted by atomic mass is 10.1. The van der Waals surface area contributed by atoms with Crippen LogP contribution in [0.1, 0.15) is 35.7 Å². The van der Waals surface area contributed by atoms with Gasteiger partial charge >= 0.3 is 0 Å². The SMILES string of the molecule is CC/C(=N\NC(=O)c1ccnc(NCCCN2CCOCC2)c1)c1ccc(Cl)cc1O. The highest BCUT2D eigenvalue weighted by Crippen LogP contribution is 2.23. The summed E-state index contributed by atoms with van der Waals surface area (Å²) in [6.45, 7) is 7.21. The number of hydrogen-bond acceptors (Lipinski definition) is 7. The van der Waals surface area contributed by atoms with Crippen LogP contribution in [0.2, 0.25) is 5.02 Å². The van der Waals surface area contributed by atoms with Gasteiger partial charge in [0.15, 0.2) is 0 Å². The predicted molar refractivity (Wildman–Crippen MR) is 122 cm³/mol. The number of phenolic OH excluding ortho intramolecular Hbond substituents is 1. The van der Waals surface area contributed by atoms with E-state index in [1.165, 1.54) is 6.07 Å². The number of aromatic hydroxyl groups is 1. The molecular formula is C22H28ClN5O3. The van der Waals surface area contributed by atoms with E-state index in [4.69, 9.17) is 16.3 Å². The number of halogens is 1. The van der Waals surface area contributed by atoms with E-state index in [2.05, 4.69) is 25.7 Å². The van der Waals surface area contributed by atoms with Gasteiger partial charge in [0, 0.05) is 42.0 Å². The number of amides is 1. The Balaban J connectivity index is 1.54. The van der Waals surface area contributed by atoms with Crippen molar-refractivity contribution in [2.75, 3.05) is 44.7 Å². The van der Waals surface area contributed by atoms with E-state index in [9.17, 15) is 9.90 Å². The maximum atomic E-state index is 12.5. The molecule has 0 radical (unpaired) electrons. The molecule has 2 aromatic rings. The number of rotatable bonds is 9. The van der Waals surface area contributed by atoms with Crippen molar-refractivity contribution in [3.05, 3.63) is 52.7 Å². The monoisotopic (exact) mass is 445 g/mol. The quantitative estimate of drug-likeness (QED) is 0.311. The van der Waals surface area contributed by atoms with Crippen LogP contribution in [0.15, 0.2) is 41.6 Å². The molecule has 2 heterocycles. The summed E-state index contributed by atoms with van der Waals surface area (Å²) >= 11 is 5.88. The third-order valence-electron chi connectivity index (χ3n) is 4.98. The maximum absolute atomic E-state index is 12.5. The number of hydrazone groups is 1. The second kappa shape index (κ2) is 11.6. The van der Waals surface area contributed by atoms with Crippen LogP contribution in [0.25, 0.3) is 0 Å². The van der Waals surface area contributed by atoms with E-state index in [1.54, 1.807) is 30.5 Å². The second-order valence-electron chi connectivity index (χ2n) is 7.18. The minimum absolute atomic E-state index is 0.0230. The summed E-state index contributed by atoms with van der Waals surface area (Å²) in [6.07, 6.45) is 3.10. The zero-order valence-electron chi connectivity index (χ0n) is 17.6. The lowest BCUT2D eigenvalue weighted by Crippen LogP contribution is -2.37. The Morgan fingerprint density at radius 3 is 2.84 bits per heavy atom. The lowest BCUT2D eigenvalue weighted by Gasteiger charge is -2.26. The molecule has 1 aromatic heterocycles.